The lowest BCUT2D eigenvalue weighted by atomic mass is 9.85. The Bertz CT molecular complexity index is 1400. The van der Waals surface area contributed by atoms with Gasteiger partial charge in [0, 0.05) is 16.7 Å². The van der Waals surface area contributed by atoms with Crippen molar-refractivity contribution in [3.05, 3.63) is 83.9 Å². The zero-order chi connectivity index (χ0) is 29.8. The Morgan fingerprint density at radius 2 is 1.15 bits per heavy atom. The summed E-state index contributed by atoms with van der Waals surface area (Å²) >= 11 is 0. The van der Waals surface area contributed by atoms with Gasteiger partial charge in [-0.05, 0) is 59.3 Å². The van der Waals surface area contributed by atoms with Gasteiger partial charge in [-0.15, -0.1) is 0 Å². The quantitative estimate of drug-likeness (QED) is 0.112. The molecule has 0 saturated carbocycles. The Labute approximate surface area is 245 Å². The van der Waals surface area contributed by atoms with Crippen LogP contribution in [-0.4, -0.2) is 27.6 Å². The van der Waals surface area contributed by atoms with E-state index in [1.54, 1.807) is 6.92 Å². The molecule has 4 aromatic rings. The van der Waals surface area contributed by atoms with Gasteiger partial charge in [0.2, 0.25) is 0 Å². The fourth-order valence-corrected chi connectivity index (χ4v) is 4.90. The molecule has 0 fully saturated rings. The highest BCUT2D eigenvalue weighted by Crippen LogP contribution is 2.35. The first-order valence-corrected chi connectivity index (χ1v) is 14.8. The summed E-state index contributed by atoms with van der Waals surface area (Å²) in [6, 6.07) is 22.1. The average molecular weight is 552 g/mol. The number of aromatic nitrogens is 3. The second kappa shape index (κ2) is 12.4. The van der Waals surface area contributed by atoms with Crippen molar-refractivity contribution < 1.29 is 9.53 Å². The molecule has 5 nitrogen and oxygen atoms in total. The topological polar surface area (TPSA) is 57.0 Å². The largest absolute Gasteiger partial charge is 0.462 e. The minimum absolute atomic E-state index is 0.103. The highest BCUT2D eigenvalue weighted by Gasteiger charge is 2.18. The highest BCUT2D eigenvalue weighted by atomic mass is 16.5. The van der Waals surface area contributed by atoms with E-state index in [1.807, 2.05) is 4.80 Å². The third-order valence-electron chi connectivity index (χ3n) is 7.54. The predicted molar refractivity (Wildman–Crippen MR) is 170 cm³/mol. The maximum Gasteiger partial charge on any atom is 0.333 e. The average Bonchev–Trinajstić information content (AvgIpc) is 3.35. The Hall–Kier alpha value is -3.73. The summed E-state index contributed by atoms with van der Waals surface area (Å²) in [5, 5.41) is 10.0. The minimum atomic E-state index is -0.315. The van der Waals surface area contributed by atoms with Gasteiger partial charge in [0.1, 0.15) is 11.0 Å². The Morgan fingerprint density at radius 3 is 1.56 bits per heavy atom. The van der Waals surface area contributed by atoms with E-state index in [4.69, 9.17) is 14.9 Å². The van der Waals surface area contributed by atoms with Crippen LogP contribution >= 0.6 is 0 Å². The van der Waals surface area contributed by atoms with Crippen LogP contribution in [0.25, 0.3) is 33.3 Å². The molecule has 0 unspecified atom stereocenters. The molecule has 0 aliphatic rings. The van der Waals surface area contributed by atoms with Crippen LogP contribution in [0.5, 0.6) is 0 Å². The van der Waals surface area contributed by atoms with Crippen LogP contribution in [0.1, 0.15) is 85.3 Å². The maximum atomic E-state index is 11.5. The van der Waals surface area contributed by atoms with Gasteiger partial charge >= 0.3 is 5.97 Å². The van der Waals surface area contributed by atoms with Crippen molar-refractivity contribution >= 4 is 17.0 Å². The van der Waals surface area contributed by atoms with E-state index in [2.05, 4.69) is 109 Å². The number of hydrogen-bond acceptors (Lipinski definition) is 4. The molecule has 0 bridgehead atoms. The van der Waals surface area contributed by atoms with Crippen LogP contribution in [0.3, 0.4) is 0 Å². The van der Waals surface area contributed by atoms with Crippen molar-refractivity contribution in [1.29, 1.82) is 0 Å². The zero-order valence-electron chi connectivity index (χ0n) is 25.9. The molecule has 0 spiro atoms. The van der Waals surface area contributed by atoms with E-state index >= 15 is 0 Å². The molecule has 41 heavy (non-hydrogen) atoms. The molecule has 0 aliphatic heterocycles. The predicted octanol–water partition coefficient (Wildman–Crippen LogP) is 9.04. The Balaban J connectivity index is 1.58. The van der Waals surface area contributed by atoms with E-state index in [9.17, 15) is 4.79 Å². The second-order valence-electron chi connectivity index (χ2n) is 13.1. The number of aryl methyl sites for hydroxylation is 1. The first-order chi connectivity index (χ1) is 19.3. The number of rotatable bonds is 10. The molecule has 0 saturated heterocycles. The molecular formula is C36H45N3O2. The van der Waals surface area contributed by atoms with E-state index in [-0.39, 0.29) is 16.8 Å². The van der Waals surface area contributed by atoms with E-state index in [0.29, 0.717) is 12.2 Å². The van der Waals surface area contributed by atoms with Crippen LogP contribution in [0, 0.1) is 0 Å². The van der Waals surface area contributed by atoms with Gasteiger partial charge < -0.3 is 4.74 Å². The van der Waals surface area contributed by atoms with E-state index in [1.165, 1.54) is 11.1 Å². The first kappa shape index (κ1) is 30.2. The van der Waals surface area contributed by atoms with Gasteiger partial charge in [0.25, 0.3) is 0 Å². The van der Waals surface area contributed by atoms with Gasteiger partial charge in [-0.25, -0.2) is 4.79 Å². The molecule has 216 valence electrons. The van der Waals surface area contributed by atoms with Crippen molar-refractivity contribution in [3.63, 3.8) is 0 Å². The summed E-state index contributed by atoms with van der Waals surface area (Å²) in [6.45, 7) is 19.9. The molecule has 1 heterocycles. The third-order valence-corrected chi connectivity index (χ3v) is 7.54. The lowest BCUT2D eigenvalue weighted by Crippen LogP contribution is -2.10. The normalized spacial score (nSPS) is 12.1. The molecule has 1 aromatic heterocycles. The van der Waals surface area contributed by atoms with Crippen molar-refractivity contribution in [2.24, 2.45) is 0 Å². The van der Waals surface area contributed by atoms with Crippen LogP contribution in [-0.2, 0) is 26.9 Å². The number of hydrogen-bond donors (Lipinski definition) is 0. The molecular weight excluding hydrogens is 506 g/mol. The summed E-state index contributed by atoms with van der Waals surface area (Å²) in [5.41, 5.74) is 9.62. The van der Waals surface area contributed by atoms with Gasteiger partial charge in [-0.3, -0.25) is 0 Å². The second-order valence-corrected chi connectivity index (χ2v) is 13.1. The number of esters is 1. The fourth-order valence-electron chi connectivity index (χ4n) is 4.90. The number of carbonyl (C=O) groups excluding carboxylic acids is 1. The van der Waals surface area contributed by atoms with Gasteiger partial charge in [-0.1, -0.05) is 115 Å². The van der Waals surface area contributed by atoms with Crippen LogP contribution in [0.15, 0.2) is 72.8 Å². The van der Waals surface area contributed by atoms with Gasteiger partial charge in [-0.2, -0.15) is 15.0 Å². The van der Waals surface area contributed by atoms with E-state index < -0.39 is 0 Å². The molecule has 0 N–H and O–H groups in total. The van der Waals surface area contributed by atoms with Gasteiger partial charge in [0.05, 0.1) is 13.2 Å². The van der Waals surface area contributed by atoms with Crippen molar-refractivity contribution in [3.8, 4) is 22.3 Å². The van der Waals surface area contributed by atoms with Crippen molar-refractivity contribution in [1.82, 2.24) is 15.0 Å². The van der Waals surface area contributed by atoms with Crippen LogP contribution in [0.2, 0.25) is 0 Å². The molecule has 0 amide bonds. The molecule has 3 aromatic carbocycles. The maximum absolute atomic E-state index is 11.5. The van der Waals surface area contributed by atoms with Gasteiger partial charge in [0.15, 0.2) is 0 Å². The smallest absolute Gasteiger partial charge is 0.333 e. The summed E-state index contributed by atoms with van der Waals surface area (Å²) < 4.78 is 5.20. The number of unbranched alkanes of at least 4 members (excludes halogenated alkanes) is 3. The molecule has 0 atom stereocenters. The summed E-state index contributed by atoms with van der Waals surface area (Å²) in [7, 11) is 0. The highest BCUT2D eigenvalue weighted by molar-refractivity contribution is 6.00. The Kier molecular flexibility index (Phi) is 9.16. The molecule has 0 radical (unpaired) electrons. The fraction of sp³-hybridized carbons (Fsp3) is 0.417. The zero-order valence-corrected chi connectivity index (χ0v) is 25.9. The SMILES string of the molecule is C=C(C)C(=O)OCCCCCCn1nc2c(-c3ccc(C(C)(C)C)cc3)ccc(-c3ccc(C(C)(C)C)cc3)c2n1. The number of fused-ring (bicyclic) bond motifs is 1. The number of carbonyl (C=O) groups is 1. The standard InChI is InChI=1S/C36H45N3O2/c1-25(2)34(40)41-24-12-10-9-11-23-39-37-32-30(26-13-17-28(18-14-26)35(3,4)5)21-22-31(33(32)38-39)27-15-19-29(20-16-27)36(6,7)8/h13-22H,1,9-12,23-24H2,2-8H3. The Morgan fingerprint density at radius 1 is 0.707 bits per heavy atom. The molecule has 5 heteroatoms. The monoisotopic (exact) mass is 551 g/mol. The number of benzene rings is 3. The van der Waals surface area contributed by atoms with Crippen molar-refractivity contribution in [2.45, 2.75) is 91.5 Å². The lowest BCUT2D eigenvalue weighted by Gasteiger charge is -2.19. The minimum Gasteiger partial charge on any atom is -0.462 e. The molecule has 4 rings (SSSR count). The van der Waals surface area contributed by atoms with E-state index in [0.717, 1.165) is 65.5 Å². The first-order valence-electron chi connectivity index (χ1n) is 14.8. The summed E-state index contributed by atoms with van der Waals surface area (Å²) in [5.74, 6) is -0.315. The lowest BCUT2D eigenvalue weighted by molar-refractivity contribution is -0.139. The third kappa shape index (κ3) is 7.52. The number of ether oxygens (including phenoxy) is 1. The molecule has 0 aliphatic carbocycles. The van der Waals surface area contributed by atoms with Crippen molar-refractivity contribution in [2.75, 3.05) is 6.61 Å². The van der Waals surface area contributed by atoms with Crippen LogP contribution < -0.4 is 0 Å². The number of nitrogens with zero attached hydrogens (tertiary/aromatic N) is 3. The summed E-state index contributed by atoms with van der Waals surface area (Å²) in [4.78, 5) is 13.4. The summed E-state index contributed by atoms with van der Waals surface area (Å²) in [6.07, 6.45) is 3.81. The van der Waals surface area contributed by atoms with Crippen LogP contribution in [0.4, 0.5) is 0 Å².